The molecular formula is C12H16N2O2. The number of hydrogen-bond donors (Lipinski definition) is 1. The average molecular weight is 220 g/mol. The second-order valence-corrected chi connectivity index (χ2v) is 3.92. The first-order valence-corrected chi connectivity index (χ1v) is 5.04. The fourth-order valence-corrected chi connectivity index (χ4v) is 1.30. The van der Waals surface area contributed by atoms with E-state index in [1.807, 2.05) is 14.1 Å². The van der Waals surface area contributed by atoms with Crippen LogP contribution in [0.15, 0.2) is 24.3 Å². The second kappa shape index (κ2) is 5.42. The van der Waals surface area contributed by atoms with Crippen LogP contribution in [0.4, 0.5) is 5.69 Å². The van der Waals surface area contributed by atoms with Crippen LogP contribution in [0, 0.1) is 0 Å². The maximum absolute atomic E-state index is 11.5. The molecule has 0 saturated carbocycles. The highest BCUT2D eigenvalue weighted by Gasteiger charge is 2.05. The third kappa shape index (κ3) is 3.82. The van der Waals surface area contributed by atoms with Crippen molar-refractivity contribution >= 4 is 17.4 Å². The maximum atomic E-state index is 11.5. The lowest BCUT2D eigenvalue weighted by molar-refractivity contribution is -0.116. The Balaban J connectivity index is 2.70. The van der Waals surface area contributed by atoms with Gasteiger partial charge >= 0.3 is 0 Å². The minimum Gasteiger partial charge on any atom is -0.325 e. The van der Waals surface area contributed by atoms with Crippen LogP contribution in [0.3, 0.4) is 0 Å². The van der Waals surface area contributed by atoms with Crippen LogP contribution in [0.1, 0.15) is 17.3 Å². The number of nitrogens with zero attached hydrogens (tertiary/aromatic N) is 1. The summed E-state index contributed by atoms with van der Waals surface area (Å²) in [7, 11) is 3.65. The van der Waals surface area contributed by atoms with Gasteiger partial charge in [-0.3, -0.25) is 9.59 Å². The molecule has 0 bridgehead atoms. The number of hydrogen-bond acceptors (Lipinski definition) is 3. The lowest BCUT2D eigenvalue weighted by Gasteiger charge is -2.10. The van der Waals surface area contributed by atoms with Crippen molar-refractivity contribution in [1.82, 2.24) is 4.90 Å². The summed E-state index contributed by atoms with van der Waals surface area (Å²) in [5.41, 5.74) is 1.25. The SMILES string of the molecule is CC(=O)c1cccc(NC(=O)CN(C)C)c1. The number of benzene rings is 1. The normalized spacial score (nSPS) is 10.2. The second-order valence-electron chi connectivity index (χ2n) is 3.92. The van der Waals surface area contributed by atoms with E-state index < -0.39 is 0 Å². The molecular weight excluding hydrogens is 204 g/mol. The number of carbonyl (C=O) groups excluding carboxylic acids is 2. The monoisotopic (exact) mass is 220 g/mol. The Morgan fingerprint density at radius 1 is 1.31 bits per heavy atom. The number of amides is 1. The van der Waals surface area contributed by atoms with Gasteiger partial charge < -0.3 is 10.2 Å². The van der Waals surface area contributed by atoms with Gasteiger partial charge in [-0.2, -0.15) is 0 Å². The van der Waals surface area contributed by atoms with Crippen LogP contribution in [0.25, 0.3) is 0 Å². The highest BCUT2D eigenvalue weighted by molar-refractivity contribution is 5.97. The molecule has 1 N–H and O–H groups in total. The zero-order valence-electron chi connectivity index (χ0n) is 9.78. The molecule has 0 radical (unpaired) electrons. The van der Waals surface area contributed by atoms with Crippen molar-refractivity contribution in [3.05, 3.63) is 29.8 Å². The topological polar surface area (TPSA) is 49.4 Å². The van der Waals surface area contributed by atoms with Gasteiger partial charge in [-0.1, -0.05) is 12.1 Å². The molecule has 0 atom stereocenters. The van der Waals surface area contributed by atoms with Crippen LogP contribution in [-0.2, 0) is 4.79 Å². The summed E-state index contributed by atoms with van der Waals surface area (Å²) in [6.45, 7) is 1.82. The maximum Gasteiger partial charge on any atom is 0.238 e. The fourth-order valence-electron chi connectivity index (χ4n) is 1.30. The summed E-state index contributed by atoms with van der Waals surface area (Å²) >= 11 is 0. The van der Waals surface area contributed by atoms with Crippen molar-refractivity contribution in [2.24, 2.45) is 0 Å². The standard InChI is InChI=1S/C12H16N2O2/c1-9(15)10-5-4-6-11(7-10)13-12(16)8-14(2)3/h4-7H,8H2,1-3H3,(H,13,16). The van der Waals surface area contributed by atoms with E-state index in [0.717, 1.165) is 0 Å². The van der Waals surface area contributed by atoms with Crippen molar-refractivity contribution in [2.75, 3.05) is 26.0 Å². The Kier molecular flexibility index (Phi) is 4.19. The predicted molar refractivity (Wildman–Crippen MR) is 63.6 cm³/mol. The molecule has 0 aliphatic carbocycles. The highest BCUT2D eigenvalue weighted by atomic mass is 16.2. The minimum atomic E-state index is -0.0919. The number of carbonyl (C=O) groups is 2. The first-order chi connectivity index (χ1) is 7.49. The van der Waals surface area contributed by atoms with Gasteiger partial charge in [0.15, 0.2) is 5.78 Å². The molecule has 4 nitrogen and oxygen atoms in total. The van der Waals surface area contributed by atoms with E-state index in [-0.39, 0.29) is 11.7 Å². The van der Waals surface area contributed by atoms with E-state index >= 15 is 0 Å². The van der Waals surface area contributed by atoms with Gasteiger partial charge in [0.2, 0.25) is 5.91 Å². The molecule has 0 aromatic heterocycles. The fraction of sp³-hybridized carbons (Fsp3) is 0.333. The van der Waals surface area contributed by atoms with Gasteiger partial charge in [-0.15, -0.1) is 0 Å². The van der Waals surface area contributed by atoms with E-state index in [9.17, 15) is 9.59 Å². The molecule has 4 heteroatoms. The van der Waals surface area contributed by atoms with E-state index in [1.54, 1.807) is 29.2 Å². The zero-order valence-corrected chi connectivity index (χ0v) is 9.78. The molecule has 0 aliphatic rings. The van der Waals surface area contributed by atoms with E-state index in [4.69, 9.17) is 0 Å². The Morgan fingerprint density at radius 2 is 2.00 bits per heavy atom. The molecule has 1 amide bonds. The summed E-state index contributed by atoms with van der Waals surface area (Å²) in [5, 5.41) is 2.74. The number of nitrogens with one attached hydrogen (secondary N) is 1. The Hall–Kier alpha value is -1.68. The summed E-state index contributed by atoms with van der Waals surface area (Å²) < 4.78 is 0. The molecule has 86 valence electrons. The van der Waals surface area contributed by atoms with Crippen molar-refractivity contribution < 1.29 is 9.59 Å². The molecule has 1 aromatic carbocycles. The van der Waals surface area contributed by atoms with Gasteiger partial charge in [0.25, 0.3) is 0 Å². The molecule has 0 fully saturated rings. The minimum absolute atomic E-state index is 0.0105. The van der Waals surface area contributed by atoms with Crippen molar-refractivity contribution in [1.29, 1.82) is 0 Å². The third-order valence-electron chi connectivity index (χ3n) is 2.01. The summed E-state index contributed by atoms with van der Waals surface area (Å²) in [6.07, 6.45) is 0. The van der Waals surface area contributed by atoms with Gasteiger partial charge in [-0.25, -0.2) is 0 Å². The number of rotatable bonds is 4. The van der Waals surface area contributed by atoms with E-state index in [1.165, 1.54) is 6.92 Å². The molecule has 1 rings (SSSR count). The van der Waals surface area contributed by atoms with E-state index in [0.29, 0.717) is 17.8 Å². The molecule has 0 spiro atoms. The molecule has 0 saturated heterocycles. The molecule has 0 aliphatic heterocycles. The largest absolute Gasteiger partial charge is 0.325 e. The number of likely N-dealkylation sites (N-methyl/N-ethyl adjacent to an activating group) is 1. The van der Waals surface area contributed by atoms with Crippen LogP contribution in [-0.4, -0.2) is 37.2 Å². The average Bonchev–Trinajstić information content (AvgIpc) is 2.16. The van der Waals surface area contributed by atoms with Gasteiger partial charge in [0.05, 0.1) is 6.54 Å². The predicted octanol–water partition coefficient (Wildman–Crippen LogP) is 1.39. The summed E-state index contributed by atoms with van der Waals surface area (Å²) in [5.74, 6) is -0.102. The van der Waals surface area contributed by atoms with Crippen LogP contribution < -0.4 is 5.32 Å². The molecule has 0 unspecified atom stereocenters. The lowest BCUT2D eigenvalue weighted by atomic mass is 10.1. The number of anilines is 1. The molecule has 1 aromatic rings. The van der Waals surface area contributed by atoms with E-state index in [2.05, 4.69) is 5.32 Å². The Labute approximate surface area is 95.3 Å². The molecule has 0 heterocycles. The summed E-state index contributed by atoms with van der Waals surface area (Å²) in [4.78, 5) is 24.4. The summed E-state index contributed by atoms with van der Waals surface area (Å²) in [6, 6.07) is 6.92. The van der Waals surface area contributed by atoms with Crippen molar-refractivity contribution in [3.8, 4) is 0 Å². The van der Waals surface area contributed by atoms with Crippen LogP contribution >= 0.6 is 0 Å². The quantitative estimate of drug-likeness (QED) is 0.780. The Bertz CT molecular complexity index is 400. The smallest absolute Gasteiger partial charge is 0.238 e. The van der Waals surface area contributed by atoms with Crippen LogP contribution in [0.5, 0.6) is 0 Å². The number of ketones is 1. The Morgan fingerprint density at radius 3 is 2.56 bits per heavy atom. The van der Waals surface area contributed by atoms with Gasteiger partial charge in [0, 0.05) is 11.3 Å². The first kappa shape index (κ1) is 12.4. The van der Waals surface area contributed by atoms with Crippen molar-refractivity contribution in [3.63, 3.8) is 0 Å². The lowest BCUT2D eigenvalue weighted by Crippen LogP contribution is -2.27. The number of Topliss-reactive ketones (excluding diaryl/α,β-unsaturated/α-hetero) is 1. The highest BCUT2D eigenvalue weighted by Crippen LogP contribution is 2.10. The van der Waals surface area contributed by atoms with Gasteiger partial charge in [-0.05, 0) is 33.2 Å². The van der Waals surface area contributed by atoms with Crippen LogP contribution in [0.2, 0.25) is 0 Å². The first-order valence-electron chi connectivity index (χ1n) is 5.04. The molecule has 16 heavy (non-hydrogen) atoms. The zero-order chi connectivity index (χ0) is 12.1. The van der Waals surface area contributed by atoms with Gasteiger partial charge in [0.1, 0.15) is 0 Å². The third-order valence-corrected chi connectivity index (χ3v) is 2.01. The van der Waals surface area contributed by atoms with Crippen molar-refractivity contribution in [2.45, 2.75) is 6.92 Å².